The molecular formula is C12H12F2N2O2S. The summed E-state index contributed by atoms with van der Waals surface area (Å²) < 4.78 is 26.3. The van der Waals surface area contributed by atoms with Gasteiger partial charge in [0.25, 0.3) is 0 Å². The zero-order valence-corrected chi connectivity index (χ0v) is 10.6. The highest BCUT2D eigenvalue weighted by Crippen LogP contribution is 2.17. The molecule has 7 heteroatoms. The molecule has 3 N–H and O–H groups in total. The van der Waals surface area contributed by atoms with Crippen LogP contribution in [-0.4, -0.2) is 16.6 Å². The van der Waals surface area contributed by atoms with Crippen LogP contribution in [0.25, 0.3) is 0 Å². The maximum Gasteiger partial charge on any atom is 0.304 e. The van der Waals surface area contributed by atoms with Gasteiger partial charge in [-0.25, -0.2) is 8.78 Å². The van der Waals surface area contributed by atoms with Gasteiger partial charge in [-0.3, -0.25) is 4.79 Å². The fraction of sp³-hybridized carbons (Fsp3) is 0.250. The summed E-state index contributed by atoms with van der Waals surface area (Å²) in [6.45, 7) is 0.394. The fourth-order valence-corrected chi connectivity index (χ4v) is 2.21. The first kappa shape index (κ1) is 13.9. The second-order valence-electron chi connectivity index (χ2n) is 3.99. The highest BCUT2D eigenvalue weighted by molar-refractivity contribution is 7.07. The predicted octanol–water partition coefficient (Wildman–Crippen LogP) is 1.54. The SMILES string of the molecule is O=c1[nH]c(CNCC(O)c2cc(F)ccc2F)cs1. The van der Waals surface area contributed by atoms with Crippen molar-refractivity contribution < 1.29 is 13.9 Å². The number of benzene rings is 1. The molecule has 0 aliphatic heterocycles. The predicted molar refractivity (Wildman–Crippen MR) is 68.0 cm³/mol. The van der Waals surface area contributed by atoms with Gasteiger partial charge in [0.15, 0.2) is 0 Å². The Kier molecular flexibility index (Phi) is 4.41. The molecule has 1 heterocycles. The molecule has 0 saturated heterocycles. The Labute approximate surface area is 111 Å². The number of hydrogen-bond donors (Lipinski definition) is 3. The number of aromatic amines is 1. The van der Waals surface area contributed by atoms with E-state index in [1.807, 2.05) is 0 Å². The molecule has 0 amide bonds. The van der Waals surface area contributed by atoms with Crippen molar-refractivity contribution in [3.63, 3.8) is 0 Å². The van der Waals surface area contributed by atoms with Gasteiger partial charge < -0.3 is 15.4 Å². The third kappa shape index (κ3) is 3.69. The quantitative estimate of drug-likeness (QED) is 0.781. The molecule has 4 nitrogen and oxygen atoms in total. The van der Waals surface area contributed by atoms with Crippen LogP contribution in [0.5, 0.6) is 0 Å². The summed E-state index contributed by atoms with van der Waals surface area (Å²) in [4.78, 5) is 13.3. The van der Waals surface area contributed by atoms with Crippen LogP contribution in [0.15, 0.2) is 28.4 Å². The first-order valence-electron chi connectivity index (χ1n) is 5.56. The summed E-state index contributed by atoms with van der Waals surface area (Å²) >= 11 is 1.04. The van der Waals surface area contributed by atoms with Crippen molar-refractivity contribution in [2.45, 2.75) is 12.6 Å². The minimum absolute atomic E-state index is 0.0538. The number of nitrogens with one attached hydrogen (secondary N) is 2. The highest BCUT2D eigenvalue weighted by atomic mass is 32.1. The summed E-state index contributed by atoms with van der Waals surface area (Å²) in [5, 5.41) is 14.3. The van der Waals surface area contributed by atoms with Crippen molar-refractivity contribution in [2.24, 2.45) is 0 Å². The molecule has 2 rings (SSSR count). The maximum absolute atomic E-state index is 13.4. The molecule has 2 aromatic rings. The molecule has 0 saturated carbocycles. The third-order valence-corrected chi connectivity index (χ3v) is 3.26. The first-order chi connectivity index (χ1) is 9.06. The van der Waals surface area contributed by atoms with Crippen LogP contribution in [0, 0.1) is 11.6 Å². The van der Waals surface area contributed by atoms with Gasteiger partial charge in [-0.05, 0) is 18.2 Å². The lowest BCUT2D eigenvalue weighted by atomic mass is 10.1. The number of halogens is 2. The van der Waals surface area contributed by atoms with E-state index < -0.39 is 17.7 Å². The molecule has 0 aliphatic rings. The molecule has 0 spiro atoms. The zero-order valence-electron chi connectivity index (χ0n) is 9.82. The van der Waals surface area contributed by atoms with Gasteiger partial charge >= 0.3 is 4.87 Å². The molecule has 1 atom stereocenters. The summed E-state index contributed by atoms with van der Waals surface area (Å²) in [5.41, 5.74) is 0.591. The Hall–Kier alpha value is -1.57. The van der Waals surface area contributed by atoms with Crippen molar-refractivity contribution in [2.75, 3.05) is 6.54 Å². The van der Waals surface area contributed by atoms with E-state index >= 15 is 0 Å². The maximum atomic E-state index is 13.4. The van der Waals surface area contributed by atoms with Gasteiger partial charge in [0, 0.05) is 29.7 Å². The van der Waals surface area contributed by atoms with E-state index in [1.165, 1.54) is 0 Å². The Balaban J connectivity index is 1.92. The van der Waals surface area contributed by atoms with E-state index in [4.69, 9.17) is 0 Å². The molecule has 1 aromatic heterocycles. The third-order valence-electron chi connectivity index (χ3n) is 2.54. The molecule has 1 unspecified atom stereocenters. The van der Waals surface area contributed by atoms with Crippen LogP contribution in [0.4, 0.5) is 8.78 Å². The zero-order chi connectivity index (χ0) is 13.8. The number of rotatable bonds is 5. The molecule has 0 radical (unpaired) electrons. The molecule has 0 aliphatic carbocycles. The van der Waals surface area contributed by atoms with Gasteiger partial charge in [-0.2, -0.15) is 0 Å². The van der Waals surface area contributed by atoms with E-state index in [0.717, 1.165) is 29.5 Å². The van der Waals surface area contributed by atoms with Crippen LogP contribution in [0.1, 0.15) is 17.4 Å². The Morgan fingerprint density at radius 3 is 2.89 bits per heavy atom. The number of H-pyrrole nitrogens is 1. The number of aliphatic hydroxyl groups excluding tert-OH is 1. The lowest BCUT2D eigenvalue weighted by molar-refractivity contribution is 0.169. The van der Waals surface area contributed by atoms with Crippen molar-refractivity contribution in [3.8, 4) is 0 Å². The van der Waals surface area contributed by atoms with Crippen molar-refractivity contribution in [3.05, 3.63) is 56.1 Å². The van der Waals surface area contributed by atoms with Crippen molar-refractivity contribution >= 4 is 11.3 Å². The topological polar surface area (TPSA) is 65.1 Å². The summed E-state index contributed by atoms with van der Waals surface area (Å²) in [7, 11) is 0. The number of aliphatic hydroxyl groups is 1. The number of hydrogen-bond acceptors (Lipinski definition) is 4. The molecular weight excluding hydrogens is 274 g/mol. The summed E-state index contributed by atoms with van der Waals surface area (Å²) in [6, 6.07) is 2.94. The fourth-order valence-electron chi connectivity index (χ4n) is 1.62. The van der Waals surface area contributed by atoms with Crippen LogP contribution in [-0.2, 0) is 6.54 Å². The largest absolute Gasteiger partial charge is 0.387 e. The van der Waals surface area contributed by atoms with Gasteiger partial charge in [0.05, 0.1) is 6.10 Å². The second kappa shape index (κ2) is 6.05. The average molecular weight is 286 g/mol. The number of thiazole rings is 1. The van der Waals surface area contributed by atoms with Crippen molar-refractivity contribution in [1.29, 1.82) is 0 Å². The van der Waals surface area contributed by atoms with E-state index in [-0.39, 0.29) is 17.0 Å². The lowest BCUT2D eigenvalue weighted by Gasteiger charge is -2.12. The van der Waals surface area contributed by atoms with Crippen molar-refractivity contribution in [1.82, 2.24) is 10.3 Å². The normalized spacial score (nSPS) is 12.6. The molecule has 0 fully saturated rings. The van der Waals surface area contributed by atoms with Crippen LogP contribution in [0.2, 0.25) is 0 Å². The standard InChI is InChI=1S/C12H12F2N2O2S/c13-7-1-2-10(14)9(3-7)11(17)5-15-4-8-6-19-12(18)16-8/h1-3,6,11,15,17H,4-5H2,(H,16,18). The second-order valence-corrected chi connectivity index (χ2v) is 4.83. The average Bonchev–Trinajstić information content (AvgIpc) is 2.78. The van der Waals surface area contributed by atoms with Gasteiger partial charge in [0.2, 0.25) is 0 Å². The summed E-state index contributed by atoms with van der Waals surface area (Å²) in [6.07, 6.45) is -1.15. The summed E-state index contributed by atoms with van der Waals surface area (Å²) in [5.74, 6) is -1.25. The van der Waals surface area contributed by atoms with E-state index in [2.05, 4.69) is 10.3 Å². The lowest BCUT2D eigenvalue weighted by Crippen LogP contribution is -2.22. The van der Waals surface area contributed by atoms with E-state index in [9.17, 15) is 18.7 Å². The van der Waals surface area contributed by atoms with Crippen LogP contribution in [0.3, 0.4) is 0 Å². The van der Waals surface area contributed by atoms with Crippen LogP contribution >= 0.6 is 11.3 Å². The van der Waals surface area contributed by atoms with E-state index in [1.54, 1.807) is 5.38 Å². The first-order valence-corrected chi connectivity index (χ1v) is 6.44. The van der Waals surface area contributed by atoms with Gasteiger partial charge in [0.1, 0.15) is 11.6 Å². The molecule has 19 heavy (non-hydrogen) atoms. The monoisotopic (exact) mass is 286 g/mol. The molecule has 1 aromatic carbocycles. The molecule has 102 valence electrons. The Morgan fingerprint density at radius 1 is 1.42 bits per heavy atom. The number of aromatic nitrogens is 1. The minimum Gasteiger partial charge on any atom is -0.387 e. The van der Waals surface area contributed by atoms with Crippen LogP contribution < -0.4 is 10.2 Å². The van der Waals surface area contributed by atoms with Gasteiger partial charge in [-0.15, -0.1) is 0 Å². The Morgan fingerprint density at radius 2 is 2.21 bits per heavy atom. The molecule has 0 bridgehead atoms. The minimum atomic E-state index is -1.15. The smallest absolute Gasteiger partial charge is 0.304 e. The van der Waals surface area contributed by atoms with E-state index in [0.29, 0.717) is 12.2 Å². The Bertz CT molecular complexity index is 612. The highest BCUT2D eigenvalue weighted by Gasteiger charge is 2.13. The van der Waals surface area contributed by atoms with Gasteiger partial charge in [-0.1, -0.05) is 11.3 Å².